The van der Waals surface area contributed by atoms with Crippen LogP contribution >= 0.6 is 0 Å². The summed E-state index contributed by atoms with van der Waals surface area (Å²) in [4.78, 5) is 0. The largest absolute Gasteiger partial charge is 0.509 e. The van der Waals surface area contributed by atoms with E-state index in [0.29, 0.717) is 0 Å². The highest BCUT2D eigenvalue weighted by atomic mass is 19.4. The Balaban J connectivity index is 2.14. The number of hydrogen-bond donors (Lipinski definition) is 0. The van der Waals surface area contributed by atoms with Crippen LogP contribution in [0.4, 0.5) is 17.3 Å². The zero-order valence-electron chi connectivity index (χ0n) is 12.1. The molecule has 0 saturated carbocycles. The minimum atomic E-state index is -5.05. The summed E-state index contributed by atoms with van der Waals surface area (Å²) in [5, 5.41) is 0. The average Bonchev–Trinajstić information content (AvgIpc) is 2.45. The number of aryl methyl sites for hydroxylation is 1. The molecule has 0 spiro atoms. The number of halogens is 4. The summed E-state index contributed by atoms with van der Waals surface area (Å²) in [6, 6.07) is 8.12. The molecule has 7 heteroatoms. The summed E-state index contributed by atoms with van der Waals surface area (Å²) in [6.07, 6.45) is 0. The summed E-state index contributed by atoms with van der Waals surface area (Å²) in [5.74, 6) is -0.201. The Morgan fingerprint density at radius 1 is 1.09 bits per heavy atom. The van der Waals surface area contributed by atoms with Gasteiger partial charge < -0.3 is 22.4 Å². The zero-order chi connectivity index (χ0) is 16.3. The third-order valence-electron chi connectivity index (χ3n) is 3.25. The second-order valence-corrected chi connectivity index (χ2v) is 4.82. The molecule has 0 radical (unpaired) electrons. The highest BCUT2D eigenvalue weighted by molar-refractivity contribution is 6.74. The quantitative estimate of drug-likeness (QED) is 0.618. The topological polar surface area (TPSA) is 18.5 Å². The lowest BCUT2D eigenvalue weighted by Crippen LogP contribution is -2.35. The lowest BCUT2D eigenvalue weighted by molar-refractivity contribution is 0.295. The molecule has 118 valence electrons. The second-order valence-electron chi connectivity index (χ2n) is 4.82. The number of ether oxygens (including phenoxy) is 2. The van der Waals surface area contributed by atoms with Crippen LogP contribution < -0.4 is 14.9 Å². The maximum atomic E-state index is 13.9. The predicted octanol–water partition coefficient (Wildman–Crippen LogP) is 3.78. The Morgan fingerprint density at radius 3 is 2.41 bits per heavy atom. The Labute approximate surface area is 125 Å². The van der Waals surface area contributed by atoms with Crippen LogP contribution in [0.3, 0.4) is 0 Å². The Hall–Kier alpha value is -2.18. The van der Waals surface area contributed by atoms with E-state index in [1.54, 1.807) is 6.07 Å². The first-order valence-electron chi connectivity index (χ1n) is 6.57. The van der Waals surface area contributed by atoms with Crippen molar-refractivity contribution in [3.63, 3.8) is 0 Å². The third-order valence-corrected chi connectivity index (χ3v) is 3.25. The first-order chi connectivity index (χ1) is 10.3. The van der Waals surface area contributed by atoms with Gasteiger partial charge in [0.2, 0.25) is 0 Å². The molecule has 22 heavy (non-hydrogen) atoms. The van der Waals surface area contributed by atoms with Gasteiger partial charge in [-0.1, -0.05) is 23.8 Å². The molecule has 2 nitrogen and oxygen atoms in total. The number of methoxy groups -OCH3 is 1. The van der Waals surface area contributed by atoms with E-state index in [0.717, 1.165) is 6.07 Å². The zero-order valence-corrected chi connectivity index (χ0v) is 12.1. The molecule has 0 N–H and O–H groups in total. The molecule has 2 aromatic rings. The molecule has 0 heterocycles. The maximum Gasteiger partial charge on any atom is 0.509 e. The molecule has 2 rings (SSSR count). The van der Waals surface area contributed by atoms with Gasteiger partial charge in [-0.05, 0) is 25.1 Å². The highest BCUT2D eigenvalue weighted by Gasteiger charge is 2.27. The normalized spacial score (nSPS) is 11.4. The summed E-state index contributed by atoms with van der Waals surface area (Å²) in [5.41, 5.74) is -0.308. The van der Waals surface area contributed by atoms with Crippen molar-refractivity contribution in [2.75, 3.05) is 7.11 Å². The van der Waals surface area contributed by atoms with Crippen molar-refractivity contribution in [1.82, 2.24) is 0 Å². The van der Waals surface area contributed by atoms with Crippen molar-refractivity contribution in [3.05, 3.63) is 53.3 Å². The van der Waals surface area contributed by atoms with Gasteiger partial charge in [-0.2, -0.15) is 0 Å². The van der Waals surface area contributed by atoms with Crippen LogP contribution in [-0.4, -0.2) is 14.1 Å². The van der Waals surface area contributed by atoms with Crippen LogP contribution in [0.2, 0.25) is 0 Å². The number of rotatable bonds is 5. The van der Waals surface area contributed by atoms with E-state index < -0.39 is 18.3 Å². The van der Waals surface area contributed by atoms with Gasteiger partial charge in [-0.15, -0.1) is 5.46 Å². The van der Waals surface area contributed by atoms with Crippen LogP contribution in [0.15, 0.2) is 36.4 Å². The molecule has 0 aliphatic heterocycles. The van der Waals surface area contributed by atoms with Crippen molar-refractivity contribution in [1.29, 1.82) is 0 Å². The fourth-order valence-electron chi connectivity index (χ4n) is 2.09. The standard InChI is InChI=1S/C15H14BF4O2/c1-10-8-12(6-7-13(10)16(18,19)20)22-9-11-4-3-5-14(21-2)15(11)17/h3-8H,9H2,1-2H3/q-1. The Morgan fingerprint density at radius 2 is 1.82 bits per heavy atom. The molecule has 0 fully saturated rings. The molecule has 0 bridgehead atoms. The van der Waals surface area contributed by atoms with E-state index in [4.69, 9.17) is 9.47 Å². The van der Waals surface area contributed by atoms with Gasteiger partial charge in [0.25, 0.3) is 0 Å². The lowest BCUT2D eigenvalue weighted by Gasteiger charge is -2.18. The molecule has 0 amide bonds. The van der Waals surface area contributed by atoms with Gasteiger partial charge >= 0.3 is 6.98 Å². The van der Waals surface area contributed by atoms with Crippen LogP contribution in [0.5, 0.6) is 11.5 Å². The monoisotopic (exact) mass is 313 g/mol. The number of benzene rings is 2. The number of hydrogen-bond acceptors (Lipinski definition) is 2. The molecule has 0 unspecified atom stereocenters. The van der Waals surface area contributed by atoms with Crippen LogP contribution in [-0.2, 0) is 6.61 Å². The van der Waals surface area contributed by atoms with Gasteiger partial charge in [-0.3, -0.25) is 0 Å². The molecule has 0 aliphatic carbocycles. The SMILES string of the molecule is COc1cccc(COc2ccc([B-](F)(F)F)c(C)c2)c1F. The van der Waals surface area contributed by atoms with Crippen molar-refractivity contribution < 1.29 is 26.8 Å². The van der Waals surface area contributed by atoms with E-state index in [9.17, 15) is 17.3 Å². The van der Waals surface area contributed by atoms with E-state index in [-0.39, 0.29) is 29.2 Å². The van der Waals surface area contributed by atoms with Crippen molar-refractivity contribution in [3.8, 4) is 11.5 Å². The average molecular weight is 313 g/mol. The first-order valence-corrected chi connectivity index (χ1v) is 6.57. The lowest BCUT2D eigenvalue weighted by atomic mass is 9.77. The van der Waals surface area contributed by atoms with Gasteiger partial charge in [0, 0.05) is 5.56 Å². The fourth-order valence-corrected chi connectivity index (χ4v) is 2.09. The maximum absolute atomic E-state index is 13.9. The van der Waals surface area contributed by atoms with Gasteiger partial charge in [0.05, 0.1) is 7.11 Å². The molecule has 0 aliphatic rings. The van der Waals surface area contributed by atoms with Gasteiger partial charge in [0.1, 0.15) is 12.4 Å². The van der Waals surface area contributed by atoms with Crippen LogP contribution in [0, 0.1) is 12.7 Å². The first kappa shape index (κ1) is 16.2. The van der Waals surface area contributed by atoms with E-state index >= 15 is 0 Å². The summed E-state index contributed by atoms with van der Waals surface area (Å²) in [6.45, 7) is -3.78. The minimum absolute atomic E-state index is 0.0797. The fraction of sp³-hybridized carbons (Fsp3) is 0.200. The summed E-state index contributed by atoms with van der Waals surface area (Å²) < 4.78 is 62.3. The Kier molecular flexibility index (Phi) is 4.64. The summed E-state index contributed by atoms with van der Waals surface area (Å²) >= 11 is 0. The molecule has 0 saturated heterocycles. The molecule has 0 atom stereocenters. The third kappa shape index (κ3) is 3.53. The van der Waals surface area contributed by atoms with Crippen LogP contribution in [0.1, 0.15) is 11.1 Å². The molecular weight excluding hydrogens is 299 g/mol. The summed E-state index contributed by atoms with van der Waals surface area (Å²) in [7, 11) is 1.35. The van der Waals surface area contributed by atoms with Gasteiger partial charge in [0.15, 0.2) is 11.6 Å². The van der Waals surface area contributed by atoms with Crippen molar-refractivity contribution >= 4 is 12.4 Å². The molecule has 0 aromatic heterocycles. The van der Waals surface area contributed by atoms with Crippen LogP contribution in [0.25, 0.3) is 0 Å². The van der Waals surface area contributed by atoms with Crippen molar-refractivity contribution in [2.45, 2.75) is 13.5 Å². The predicted molar refractivity (Wildman–Crippen MR) is 77.2 cm³/mol. The van der Waals surface area contributed by atoms with E-state index in [1.807, 2.05) is 0 Å². The van der Waals surface area contributed by atoms with Gasteiger partial charge in [-0.25, -0.2) is 4.39 Å². The highest BCUT2D eigenvalue weighted by Crippen LogP contribution is 2.22. The Bertz CT molecular complexity index is 671. The molecular formula is C15H14BF4O2-. The smallest absolute Gasteiger partial charge is 0.494 e. The van der Waals surface area contributed by atoms with Crippen molar-refractivity contribution in [2.24, 2.45) is 0 Å². The van der Waals surface area contributed by atoms with E-state index in [1.165, 1.54) is 38.3 Å². The second kappa shape index (κ2) is 6.29. The minimum Gasteiger partial charge on any atom is -0.494 e. The van der Waals surface area contributed by atoms with E-state index in [2.05, 4.69) is 0 Å². The molecule has 2 aromatic carbocycles.